The number of nitrogens with one attached hydrogen (secondary N) is 1. The molecule has 1 heterocycles. The largest absolute Gasteiger partial charge is 0.476 e. The van der Waals surface area contributed by atoms with Gasteiger partial charge in [-0.15, -0.1) is 5.10 Å². The Bertz CT molecular complexity index is 930. The van der Waals surface area contributed by atoms with Crippen molar-refractivity contribution in [2.45, 2.75) is 0 Å². The second-order valence-corrected chi connectivity index (χ2v) is 5.70. The fourth-order valence-corrected chi connectivity index (χ4v) is 2.49. The van der Waals surface area contributed by atoms with Crippen LogP contribution in [0.5, 0.6) is 0 Å². The molecule has 0 fully saturated rings. The number of hydrogen-bond donors (Lipinski definition) is 2. The molecule has 0 aliphatic carbocycles. The third kappa shape index (κ3) is 3.25. The Kier molecular flexibility index (Phi) is 4.30. The zero-order chi connectivity index (χ0) is 18.0. The lowest BCUT2D eigenvalue weighted by Crippen LogP contribution is -2.21. The maximum atomic E-state index is 12.1. The quantitative estimate of drug-likeness (QED) is 0.763. The van der Waals surface area contributed by atoms with E-state index in [1.54, 1.807) is 32.3 Å². The van der Waals surface area contributed by atoms with Crippen molar-refractivity contribution in [2.24, 2.45) is 0 Å². The van der Waals surface area contributed by atoms with Gasteiger partial charge in [0.25, 0.3) is 5.91 Å². The van der Waals surface area contributed by atoms with E-state index in [1.807, 2.05) is 30.3 Å². The summed E-state index contributed by atoms with van der Waals surface area (Å²) in [4.78, 5) is 24.8. The fourth-order valence-electron chi connectivity index (χ4n) is 2.49. The number of carbonyl (C=O) groups is 2. The fraction of sp³-hybridized carbons (Fsp3) is 0.111. The van der Waals surface area contributed by atoms with Gasteiger partial charge in [-0.1, -0.05) is 41.6 Å². The number of nitrogens with zero attached hydrogens (tertiary/aromatic N) is 3. The molecule has 126 valence electrons. The van der Waals surface area contributed by atoms with Gasteiger partial charge in [0, 0.05) is 25.2 Å². The lowest BCUT2D eigenvalue weighted by molar-refractivity contribution is 0.0690. The number of carboxylic acid groups (broad SMARTS) is 1. The van der Waals surface area contributed by atoms with Crippen molar-refractivity contribution >= 4 is 11.9 Å². The van der Waals surface area contributed by atoms with Crippen LogP contribution in [0.3, 0.4) is 0 Å². The van der Waals surface area contributed by atoms with Crippen molar-refractivity contribution < 1.29 is 14.7 Å². The molecule has 7 heteroatoms. The molecule has 0 radical (unpaired) electrons. The standard InChI is InChI=1S/C18H16N4O3/c1-22(2)17(23)14-5-3-4-13(10-14)11-6-8-12(9-7-11)15-16(18(24)25)20-21-19-15/h3-10H,1-2H3,(H,24,25)(H,19,20,21). The lowest BCUT2D eigenvalue weighted by Gasteiger charge is -2.11. The number of carboxylic acids is 1. The van der Waals surface area contributed by atoms with E-state index in [-0.39, 0.29) is 17.3 Å². The van der Waals surface area contributed by atoms with Crippen LogP contribution < -0.4 is 0 Å². The Morgan fingerprint density at radius 2 is 1.68 bits per heavy atom. The number of amides is 1. The Labute approximate surface area is 143 Å². The predicted octanol–water partition coefficient (Wildman–Crippen LogP) is 2.54. The average Bonchev–Trinajstić information content (AvgIpc) is 3.11. The molecule has 3 rings (SSSR count). The molecule has 2 N–H and O–H groups in total. The molecule has 7 nitrogen and oxygen atoms in total. The Hall–Kier alpha value is -3.48. The molecule has 1 amide bonds. The zero-order valence-corrected chi connectivity index (χ0v) is 13.7. The smallest absolute Gasteiger partial charge is 0.356 e. The van der Waals surface area contributed by atoms with E-state index in [2.05, 4.69) is 15.4 Å². The predicted molar refractivity (Wildman–Crippen MR) is 92.2 cm³/mol. The minimum atomic E-state index is -1.11. The summed E-state index contributed by atoms with van der Waals surface area (Å²) >= 11 is 0. The van der Waals surface area contributed by atoms with Crippen molar-refractivity contribution in [3.05, 3.63) is 59.8 Å². The van der Waals surface area contributed by atoms with Gasteiger partial charge in [-0.05, 0) is 23.3 Å². The van der Waals surface area contributed by atoms with Crippen LogP contribution in [0.25, 0.3) is 22.4 Å². The summed E-state index contributed by atoms with van der Waals surface area (Å²) in [5.74, 6) is -1.17. The molecular weight excluding hydrogens is 320 g/mol. The van der Waals surface area contributed by atoms with E-state index in [9.17, 15) is 9.59 Å². The van der Waals surface area contributed by atoms with Crippen molar-refractivity contribution in [1.82, 2.24) is 20.3 Å². The summed E-state index contributed by atoms with van der Waals surface area (Å²) in [6.45, 7) is 0. The first-order chi connectivity index (χ1) is 12.0. The van der Waals surface area contributed by atoms with E-state index in [0.717, 1.165) is 11.1 Å². The molecule has 3 aromatic rings. The van der Waals surface area contributed by atoms with Crippen LogP contribution in [-0.2, 0) is 0 Å². The first-order valence-corrected chi connectivity index (χ1v) is 7.54. The maximum absolute atomic E-state index is 12.1. The minimum absolute atomic E-state index is 0.0497. The normalized spacial score (nSPS) is 10.5. The summed E-state index contributed by atoms with van der Waals surface area (Å²) < 4.78 is 0. The van der Waals surface area contributed by atoms with Crippen LogP contribution in [0.4, 0.5) is 0 Å². The van der Waals surface area contributed by atoms with Crippen molar-refractivity contribution in [2.75, 3.05) is 14.1 Å². The van der Waals surface area contributed by atoms with E-state index in [4.69, 9.17) is 5.11 Å². The maximum Gasteiger partial charge on any atom is 0.356 e. The highest BCUT2D eigenvalue weighted by Gasteiger charge is 2.16. The van der Waals surface area contributed by atoms with Gasteiger partial charge in [0.05, 0.1) is 0 Å². The number of aromatic carboxylic acids is 1. The first kappa shape index (κ1) is 16.4. The number of aromatic amines is 1. The summed E-state index contributed by atoms with van der Waals surface area (Å²) in [7, 11) is 3.42. The number of rotatable bonds is 4. The lowest BCUT2D eigenvalue weighted by atomic mass is 10.00. The number of benzene rings is 2. The van der Waals surface area contributed by atoms with Gasteiger partial charge in [-0.2, -0.15) is 0 Å². The summed E-state index contributed by atoms with van der Waals surface area (Å²) in [6.07, 6.45) is 0. The van der Waals surface area contributed by atoms with Gasteiger partial charge in [-0.3, -0.25) is 9.89 Å². The van der Waals surface area contributed by atoms with Crippen LogP contribution in [0.15, 0.2) is 48.5 Å². The third-order valence-corrected chi connectivity index (χ3v) is 3.77. The van der Waals surface area contributed by atoms with Gasteiger partial charge in [0.2, 0.25) is 0 Å². The van der Waals surface area contributed by atoms with E-state index in [0.29, 0.717) is 11.1 Å². The molecule has 0 bridgehead atoms. The van der Waals surface area contributed by atoms with Crippen LogP contribution >= 0.6 is 0 Å². The molecule has 0 aliphatic heterocycles. The zero-order valence-electron chi connectivity index (χ0n) is 13.7. The minimum Gasteiger partial charge on any atom is -0.476 e. The van der Waals surface area contributed by atoms with Gasteiger partial charge in [0.1, 0.15) is 5.69 Å². The highest BCUT2D eigenvalue weighted by atomic mass is 16.4. The molecule has 0 aliphatic rings. The number of hydrogen-bond acceptors (Lipinski definition) is 4. The van der Waals surface area contributed by atoms with Crippen molar-refractivity contribution in [3.63, 3.8) is 0 Å². The van der Waals surface area contributed by atoms with E-state index >= 15 is 0 Å². The number of aromatic nitrogens is 3. The SMILES string of the molecule is CN(C)C(=O)c1cccc(-c2ccc(-c3nn[nH]c3C(=O)O)cc2)c1. The summed E-state index contributed by atoms with van der Waals surface area (Å²) in [6, 6.07) is 14.6. The second kappa shape index (κ2) is 6.56. The highest BCUT2D eigenvalue weighted by molar-refractivity contribution is 5.95. The van der Waals surface area contributed by atoms with Gasteiger partial charge in [0.15, 0.2) is 5.69 Å². The molecule has 0 atom stereocenters. The monoisotopic (exact) mass is 336 g/mol. The van der Waals surface area contributed by atoms with Crippen molar-refractivity contribution in [3.8, 4) is 22.4 Å². The van der Waals surface area contributed by atoms with Crippen LogP contribution in [-0.4, -0.2) is 51.4 Å². The molecule has 25 heavy (non-hydrogen) atoms. The van der Waals surface area contributed by atoms with E-state index < -0.39 is 5.97 Å². The molecule has 0 unspecified atom stereocenters. The second-order valence-electron chi connectivity index (χ2n) is 5.70. The van der Waals surface area contributed by atoms with Gasteiger partial charge >= 0.3 is 5.97 Å². The number of H-pyrrole nitrogens is 1. The molecule has 0 saturated carbocycles. The van der Waals surface area contributed by atoms with E-state index in [1.165, 1.54) is 4.90 Å². The molecular formula is C18H16N4O3. The third-order valence-electron chi connectivity index (χ3n) is 3.77. The van der Waals surface area contributed by atoms with Crippen LogP contribution in [0.1, 0.15) is 20.8 Å². The Morgan fingerprint density at radius 1 is 1.00 bits per heavy atom. The first-order valence-electron chi connectivity index (χ1n) is 7.54. The van der Waals surface area contributed by atoms with Crippen molar-refractivity contribution in [1.29, 1.82) is 0 Å². The highest BCUT2D eigenvalue weighted by Crippen LogP contribution is 2.26. The Morgan fingerprint density at radius 3 is 2.32 bits per heavy atom. The van der Waals surface area contributed by atoms with Gasteiger partial charge < -0.3 is 10.0 Å². The molecule has 0 spiro atoms. The number of carbonyl (C=O) groups excluding carboxylic acids is 1. The topological polar surface area (TPSA) is 99.2 Å². The average molecular weight is 336 g/mol. The molecule has 1 aromatic heterocycles. The van der Waals surface area contributed by atoms with Crippen LogP contribution in [0, 0.1) is 0 Å². The molecule has 2 aromatic carbocycles. The molecule has 0 saturated heterocycles. The van der Waals surface area contributed by atoms with Crippen LogP contribution in [0.2, 0.25) is 0 Å². The van der Waals surface area contributed by atoms with Gasteiger partial charge in [-0.25, -0.2) is 4.79 Å². The summed E-state index contributed by atoms with van der Waals surface area (Å²) in [5, 5.41) is 18.9. The Balaban J connectivity index is 1.93. The summed E-state index contributed by atoms with van der Waals surface area (Å²) in [5.41, 5.74) is 3.31.